The summed E-state index contributed by atoms with van der Waals surface area (Å²) in [6, 6.07) is 8.20. The van der Waals surface area contributed by atoms with Crippen LogP contribution in [0.1, 0.15) is 11.1 Å². The van der Waals surface area contributed by atoms with Crippen LogP contribution >= 0.6 is 0 Å². The Balaban J connectivity index is 1.87. The van der Waals surface area contributed by atoms with Gasteiger partial charge in [-0.3, -0.25) is 4.79 Å². The SMILES string of the molecule is CN(C)CCNC(=O)C1Cc2ccccc2CN1. The highest BCUT2D eigenvalue weighted by Crippen LogP contribution is 2.16. The van der Waals surface area contributed by atoms with Crippen molar-refractivity contribution in [3.05, 3.63) is 35.4 Å². The van der Waals surface area contributed by atoms with Crippen molar-refractivity contribution in [2.45, 2.75) is 19.0 Å². The molecule has 0 radical (unpaired) electrons. The zero-order chi connectivity index (χ0) is 13.0. The van der Waals surface area contributed by atoms with Crippen LogP contribution in [0.25, 0.3) is 0 Å². The monoisotopic (exact) mass is 247 g/mol. The fourth-order valence-corrected chi connectivity index (χ4v) is 2.17. The molecule has 1 unspecified atom stereocenters. The molecule has 0 spiro atoms. The number of carbonyl (C=O) groups excluding carboxylic acids is 1. The number of nitrogens with one attached hydrogen (secondary N) is 2. The summed E-state index contributed by atoms with van der Waals surface area (Å²) in [5.74, 6) is 0.103. The van der Waals surface area contributed by atoms with Crippen LogP contribution < -0.4 is 10.6 Å². The number of hydrogen-bond donors (Lipinski definition) is 2. The second-order valence-corrected chi connectivity index (χ2v) is 5.00. The van der Waals surface area contributed by atoms with Gasteiger partial charge in [0, 0.05) is 19.6 Å². The first-order valence-corrected chi connectivity index (χ1v) is 6.39. The van der Waals surface area contributed by atoms with Gasteiger partial charge in [-0.15, -0.1) is 0 Å². The van der Waals surface area contributed by atoms with E-state index in [0.717, 1.165) is 19.5 Å². The summed E-state index contributed by atoms with van der Waals surface area (Å²) in [6.45, 7) is 2.35. The Labute approximate surface area is 108 Å². The van der Waals surface area contributed by atoms with Crippen molar-refractivity contribution in [2.24, 2.45) is 0 Å². The molecule has 4 nitrogen and oxygen atoms in total. The van der Waals surface area contributed by atoms with Crippen LogP contribution in [-0.2, 0) is 17.8 Å². The lowest BCUT2D eigenvalue weighted by atomic mass is 9.95. The third-order valence-corrected chi connectivity index (χ3v) is 3.26. The van der Waals surface area contributed by atoms with Gasteiger partial charge in [-0.25, -0.2) is 0 Å². The lowest BCUT2D eigenvalue weighted by Crippen LogP contribution is -2.48. The van der Waals surface area contributed by atoms with E-state index < -0.39 is 0 Å². The van der Waals surface area contributed by atoms with Crippen molar-refractivity contribution < 1.29 is 4.79 Å². The van der Waals surface area contributed by atoms with Crippen molar-refractivity contribution in [2.75, 3.05) is 27.2 Å². The van der Waals surface area contributed by atoms with Gasteiger partial charge in [0.05, 0.1) is 6.04 Å². The highest BCUT2D eigenvalue weighted by atomic mass is 16.2. The van der Waals surface area contributed by atoms with Crippen LogP contribution in [0.2, 0.25) is 0 Å². The summed E-state index contributed by atoms with van der Waals surface area (Å²) in [5, 5.41) is 6.26. The molecule has 4 heteroatoms. The number of carbonyl (C=O) groups is 1. The highest BCUT2D eigenvalue weighted by Gasteiger charge is 2.23. The summed E-state index contributed by atoms with van der Waals surface area (Å²) < 4.78 is 0. The lowest BCUT2D eigenvalue weighted by Gasteiger charge is -2.25. The van der Waals surface area contributed by atoms with E-state index in [4.69, 9.17) is 0 Å². The topological polar surface area (TPSA) is 44.4 Å². The van der Waals surface area contributed by atoms with Crippen molar-refractivity contribution in [3.63, 3.8) is 0 Å². The Morgan fingerprint density at radius 1 is 1.39 bits per heavy atom. The van der Waals surface area contributed by atoms with Gasteiger partial charge in [-0.2, -0.15) is 0 Å². The molecule has 98 valence electrons. The third kappa shape index (κ3) is 3.31. The highest BCUT2D eigenvalue weighted by molar-refractivity contribution is 5.82. The molecule has 2 rings (SSSR count). The lowest BCUT2D eigenvalue weighted by molar-refractivity contribution is -0.123. The van der Waals surface area contributed by atoms with Crippen molar-refractivity contribution >= 4 is 5.91 Å². The zero-order valence-electron chi connectivity index (χ0n) is 11.1. The van der Waals surface area contributed by atoms with Gasteiger partial charge in [0.2, 0.25) is 5.91 Å². The fourth-order valence-electron chi connectivity index (χ4n) is 2.17. The molecular weight excluding hydrogens is 226 g/mol. The molecule has 0 saturated heterocycles. The molecule has 0 aromatic heterocycles. The summed E-state index contributed by atoms with van der Waals surface area (Å²) in [5.41, 5.74) is 2.58. The van der Waals surface area contributed by atoms with Gasteiger partial charge in [0.1, 0.15) is 0 Å². The van der Waals surface area contributed by atoms with Gasteiger partial charge >= 0.3 is 0 Å². The number of fused-ring (bicyclic) bond motifs is 1. The Morgan fingerprint density at radius 2 is 2.11 bits per heavy atom. The first kappa shape index (κ1) is 13.1. The molecule has 1 aromatic carbocycles. The van der Waals surface area contributed by atoms with Crippen molar-refractivity contribution in [1.29, 1.82) is 0 Å². The second kappa shape index (κ2) is 5.98. The standard InChI is InChI=1S/C14H21N3O/c1-17(2)8-7-15-14(18)13-9-11-5-3-4-6-12(11)10-16-13/h3-6,13,16H,7-10H2,1-2H3,(H,15,18). The van der Waals surface area contributed by atoms with E-state index in [1.54, 1.807) is 0 Å². The molecule has 1 heterocycles. The molecule has 0 saturated carbocycles. The summed E-state index contributed by atoms with van der Waals surface area (Å²) >= 11 is 0. The van der Waals surface area contributed by atoms with Crippen LogP contribution in [0.4, 0.5) is 0 Å². The van der Waals surface area contributed by atoms with Gasteiger partial charge in [-0.05, 0) is 31.6 Å². The molecule has 1 aliphatic heterocycles. The van der Waals surface area contributed by atoms with E-state index in [2.05, 4.69) is 27.7 Å². The quantitative estimate of drug-likeness (QED) is 0.808. The fraction of sp³-hybridized carbons (Fsp3) is 0.500. The van der Waals surface area contributed by atoms with E-state index in [-0.39, 0.29) is 11.9 Å². The molecule has 1 amide bonds. The number of hydrogen-bond acceptors (Lipinski definition) is 3. The normalized spacial score (nSPS) is 18.5. The number of nitrogens with zero attached hydrogens (tertiary/aromatic N) is 1. The number of amides is 1. The Morgan fingerprint density at radius 3 is 2.83 bits per heavy atom. The van der Waals surface area contributed by atoms with Gasteiger partial charge in [0.25, 0.3) is 0 Å². The van der Waals surface area contributed by atoms with Crippen molar-refractivity contribution in [3.8, 4) is 0 Å². The minimum absolute atomic E-state index is 0.0953. The smallest absolute Gasteiger partial charge is 0.237 e. The molecule has 0 fully saturated rings. The largest absolute Gasteiger partial charge is 0.353 e. The van der Waals surface area contributed by atoms with E-state index in [1.807, 2.05) is 26.2 Å². The number of likely N-dealkylation sites (N-methyl/N-ethyl adjacent to an activating group) is 1. The molecule has 18 heavy (non-hydrogen) atoms. The summed E-state index contributed by atoms with van der Waals surface area (Å²) in [4.78, 5) is 14.1. The molecule has 2 N–H and O–H groups in total. The summed E-state index contributed by atoms with van der Waals surface area (Å²) in [6.07, 6.45) is 0.782. The predicted octanol–water partition coefficient (Wildman–Crippen LogP) is 0.379. The Hall–Kier alpha value is -1.39. The number of rotatable bonds is 4. The van der Waals surface area contributed by atoms with Crippen LogP contribution in [0.15, 0.2) is 24.3 Å². The first-order chi connectivity index (χ1) is 8.66. The van der Waals surface area contributed by atoms with Gasteiger partial charge in [0.15, 0.2) is 0 Å². The minimum Gasteiger partial charge on any atom is -0.353 e. The number of benzene rings is 1. The molecule has 1 aliphatic rings. The second-order valence-electron chi connectivity index (χ2n) is 5.00. The van der Waals surface area contributed by atoms with Gasteiger partial charge in [-0.1, -0.05) is 24.3 Å². The average Bonchev–Trinajstić information content (AvgIpc) is 2.37. The van der Waals surface area contributed by atoms with E-state index in [1.165, 1.54) is 11.1 Å². The van der Waals surface area contributed by atoms with Gasteiger partial charge < -0.3 is 15.5 Å². The average molecular weight is 247 g/mol. The maximum absolute atomic E-state index is 12.0. The van der Waals surface area contributed by atoms with E-state index >= 15 is 0 Å². The van der Waals surface area contributed by atoms with E-state index in [0.29, 0.717) is 6.54 Å². The Bertz CT molecular complexity index is 417. The van der Waals surface area contributed by atoms with E-state index in [9.17, 15) is 4.79 Å². The Kier molecular flexibility index (Phi) is 4.33. The zero-order valence-corrected chi connectivity index (χ0v) is 11.1. The van der Waals surface area contributed by atoms with Crippen LogP contribution in [0, 0.1) is 0 Å². The third-order valence-electron chi connectivity index (χ3n) is 3.26. The van der Waals surface area contributed by atoms with Crippen LogP contribution in [0.3, 0.4) is 0 Å². The molecule has 1 aromatic rings. The molecule has 0 aliphatic carbocycles. The maximum Gasteiger partial charge on any atom is 0.237 e. The molecule has 0 bridgehead atoms. The molecular formula is C14H21N3O. The van der Waals surface area contributed by atoms with Crippen LogP contribution in [0.5, 0.6) is 0 Å². The molecule has 1 atom stereocenters. The predicted molar refractivity (Wildman–Crippen MR) is 72.3 cm³/mol. The summed E-state index contributed by atoms with van der Waals surface area (Å²) in [7, 11) is 4.00. The minimum atomic E-state index is -0.0953. The van der Waals surface area contributed by atoms with Crippen LogP contribution in [-0.4, -0.2) is 44.0 Å². The maximum atomic E-state index is 12.0. The first-order valence-electron chi connectivity index (χ1n) is 6.39. The van der Waals surface area contributed by atoms with Crippen molar-refractivity contribution in [1.82, 2.24) is 15.5 Å².